The van der Waals surface area contributed by atoms with Gasteiger partial charge in [0.2, 0.25) is 5.91 Å². The summed E-state index contributed by atoms with van der Waals surface area (Å²) >= 11 is 0. The van der Waals surface area contributed by atoms with Crippen LogP contribution in [0.5, 0.6) is 0 Å². The maximum Gasteiger partial charge on any atom is 0.236 e. The number of aryl methyl sites for hydroxylation is 1. The van der Waals surface area contributed by atoms with Crippen LogP contribution in [0.3, 0.4) is 0 Å². The third kappa shape index (κ3) is 5.01. The second-order valence-corrected chi connectivity index (χ2v) is 9.71. The van der Waals surface area contributed by atoms with E-state index >= 15 is 0 Å². The van der Waals surface area contributed by atoms with E-state index in [1.54, 1.807) is 19.2 Å². The minimum atomic E-state index is -0.275. The van der Waals surface area contributed by atoms with E-state index in [1.165, 1.54) is 12.4 Å². The van der Waals surface area contributed by atoms with E-state index in [2.05, 4.69) is 38.2 Å². The summed E-state index contributed by atoms with van der Waals surface area (Å²) < 4.78 is 14.4. The summed E-state index contributed by atoms with van der Waals surface area (Å²) in [5, 5.41) is 4.37. The first-order valence-electron chi connectivity index (χ1n) is 12.4. The Bertz CT molecular complexity index is 1450. The van der Waals surface area contributed by atoms with Gasteiger partial charge in [-0.15, -0.1) is 0 Å². The summed E-state index contributed by atoms with van der Waals surface area (Å²) in [5.41, 5.74) is 3.59. The van der Waals surface area contributed by atoms with Crippen molar-refractivity contribution < 1.29 is 9.18 Å². The van der Waals surface area contributed by atoms with Crippen LogP contribution < -0.4 is 10.2 Å². The molecule has 5 rings (SSSR count). The van der Waals surface area contributed by atoms with Gasteiger partial charge in [-0.25, -0.2) is 19.3 Å². The molecule has 37 heavy (non-hydrogen) atoms. The predicted molar refractivity (Wildman–Crippen MR) is 143 cm³/mol. The number of aromatic nitrogens is 4. The predicted octanol–water partition coefficient (Wildman–Crippen LogP) is 3.40. The van der Waals surface area contributed by atoms with Gasteiger partial charge in [-0.05, 0) is 58.3 Å². The van der Waals surface area contributed by atoms with Crippen molar-refractivity contribution in [2.24, 2.45) is 0 Å². The van der Waals surface area contributed by atoms with Crippen molar-refractivity contribution in [1.82, 2.24) is 29.7 Å². The van der Waals surface area contributed by atoms with E-state index in [0.717, 1.165) is 22.3 Å². The lowest BCUT2D eigenvalue weighted by Gasteiger charge is -2.37. The van der Waals surface area contributed by atoms with Crippen molar-refractivity contribution in [3.63, 3.8) is 0 Å². The molecule has 0 saturated carbocycles. The molecule has 4 heterocycles. The standard InChI is InChI=1S/C27H31FN8O/c1-17-21(28)8-7-19-14-20(18(2)32-26-25-22(30-16-31-26)6-5-9-29-25)27(33-24(17)19)36-12-10-35(11-13-36)23(37)15-34(3)4/h5-9,14,16,18H,10-13,15H2,1-4H3,(H,30,31,32)/t18-/m0/s1. The number of fused-ring (bicyclic) bond motifs is 2. The minimum Gasteiger partial charge on any atom is -0.361 e. The molecule has 1 fully saturated rings. The number of piperazine rings is 1. The zero-order valence-corrected chi connectivity index (χ0v) is 21.6. The second kappa shape index (κ2) is 10.2. The van der Waals surface area contributed by atoms with Gasteiger partial charge >= 0.3 is 0 Å². The normalized spacial score (nSPS) is 15.0. The SMILES string of the molecule is Cc1c(F)ccc2cc([C@H](C)Nc3ncnc4cccnc34)c(N3CCN(C(=O)CN(C)C)CC3)nc12. The summed E-state index contributed by atoms with van der Waals surface area (Å²) in [5.74, 6) is 1.26. The summed E-state index contributed by atoms with van der Waals surface area (Å²) in [6.45, 7) is 6.70. The molecule has 0 unspecified atom stereocenters. The molecule has 1 aliphatic heterocycles. The third-order valence-corrected chi connectivity index (χ3v) is 6.78. The second-order valence-electron chi connectivity index (χ2n) is 9.71. The molecule has 0 bridgehead atoms. The maximum absolute atomic E-state index is 14.4. The molecule has 1 atom stereocenters. The first-order valence-corrected chi connectivity index (χ1v) is 12.4. The summed E-state index contributed by atoms with van der Waals surface area (Å²) in [7, 11) is 3.79. The monoisotopic (exact) mass is 502 g/mol. The number of benzene rings is 1. The number of nitrogens with one attached hydrogen (secondary N) is 1. The molecule has 4 aromatic rings. The van der Waals surface area contributed by atoms with Gasteiger partial charge in [-0.1, -0.05) is 0 Å². The fourth-order valence-electron chi connectivity index (χ4n) is 4.76. The maximum atomic E-state index is 14.4. The van der Waals surface area contributed by atoms with Gasteiger partial charge < -0.3 is 20.0 Å². The van der Waals surface area contributed by atoms with E-state index in [1.807, 2.05) is 36.0 Å². The van der Waals surface area contributed by atoms with Crippen LogP contribution in [-0.2, 0) is 4.79 Å². The number of nitrogens with zero attached hydrogens (tertiary/aromatic N) is 7. The van der Waals surface area contributed by atoms with Gasteiger partial charge in [0.25, 0.3) is 0 Å². The Balaban J connectivity index is 1.50. The highest BCUT2D eigenvalue weighted by Crippen LogP contribution is 2.33. The van der Waals surface area contributed by atoms with Gasteiger partial charge in [-0.2, -0.15) is 0 Å². The first-order chi connectivity index (χ1) is 17.8. The Morgan fingerprint density at radius 3 is 2.65 bits per heavy atom. The van der Waals surface area contributed by atoms with E-state index in [4.69, 9.17) is 4.98 Å². The molecule has 9 nitrogen and oxygen atoms in total. The van der Waals surface area contributed by atoms with Crippen LogP contribution in [-0.4, -0.2) is 82.5 Å². The average Bonchev–Trinajstić information content (AvgIpc) is 2.90. The fourth-order valence-corrected chi connectivity index (χ4v) is 4.76. The number of hydrogen-bond acceptors (Lipinski definition) is 8. The molecule has 0 spiro atoms. The van der Waals surface area contributed by atoms with Crippen molar-refractivity contribution in [3.05, 3.63) is 59.8 Å². The average molecular weight is 503 g/mol. The number of anilines is 2. The van der Waals surface area contributed by atoms with Crippen LogP contribution in [0.4, 0.5) is 16.0 Å². The third-order valence-electron chi connectivity index (χ3n) is 6.78. The quantitative estimate of drug-likeness (QED) is 0.429. The highest BCUT2D eigenvalue weighted by molar-refractivity contribution is 5.87. The summed E-state index contributed by atoms with van der Waals surface area (Å²) in [6.07, 6.45) is 3.24. The lowest BCUT2D eigenvalue weighted by molar-refractivity contribution is -0.132. The number of halogens is 1. The molecule has 0 aliphatic carbocycles. The highest BCUT2D eigenvalue weighted by atomic mass is 19.1. The summed E-state index contributed by atoms with van der Waals surface area (Å²) in [6, 6.07) is 8.89. The molecule has 1 amide bonds. The Morgan fingerprint density at radius 1 is 1.11 bits per heavy atom. The van der Waals surface area contributed by atoms with Crippen LogP contribution in [0.2, 0.25) is 0 Å². The smallest absolute Gasteiger partial charge is 0.236 e. The first kappa shape index (κ1) is 24.8. The van der Waals surface area contributed by atoms with Crippen LogP contribution in [0.15, 0.2) is 42.9 Å². The van der Waals surface area contributed by atoms with Crippen LogP contribution >= 0.6 is 0 Å². The number of rotatable bonds is 6. The van der Waals surface area contributed by atoms with Crippen LogP contribution in [0.1, 0.15) is 24.1 Å². The van der Waals surface area contributed by atoms with Gasteiger partial charge in [0.15, 0.2) is 5.82 Å². The van der Waals surface area contributed by atoms with Gasteiger partial charge in [0, 0.05) is 48.9 Å². The van der Waals surface area contributed by atoms with Crippen molar-refractivity contribution in [2.45, 2.75) is 19.9 Å². The van der Waals surface area contributed by atoms with E-state index in [9.17, 15) is 9.18 Å². The molecule has 1 aliphatic rings. The molecule has 1 saturated heterocycles. The number of amides is 1. The van der Waals surface area contributed by atoms with Gasteiger partial charge in [0.05, 0.1) is 23.6 Å². The minimum absolute atomic E-state index is 0.118. The van der Waals surface area contributed by atoms with E-state index < -0.39 is 0 Å². The van der Waals surface area contributed by atoms with Crippen molar-refractivity contribution in [3.8, 4) is 0 Å². The van der Waals surface area contributed by atoms with E-state index in [0.29, 0.717) is 55.1 Å². The number of carbonyl (C=O) groups is 1. The van der Waals surface area contributed by atoms with Gasteiger partial charge in [0.1, 0.15) is 23.5 Å². The molecule has 1 N–H and O–H groups in total. The molecule has 1 aromatic carbocycles. The van der Waals surface area contributed by atoms with Crippen LogP contribution in [0, 0.1) is 12.7 Å². The van der Waals surface area contributed by atoms with Crippen molar-refractivity contribution in [2.75, 3.05) is 57.0 Å². The largest absolute Gasteiger partial charge is 0.361 e. The van der Waals surface area contributed by atoms with E-state index in [-0.39, 0.29) is 17.8 Å². The topological polar surface area (TPSA) is 90.4 Å². The molecular formula is C27H31FN8O. The Morgan fingerprint density at radius 2 is 1.89 bits per heavy atom. The van der Waals surface area contributed by atoms with Gasteiger partial charge in [-0.3, -0.25) is 9.78 Å². The molecule has 3 aromatic heterocycles. The lowest BCUT2D eigenvalue weighted by Crippen LogP contribution is -2.51. The van der Waals surface area contributed by atoms with Crippen LogP contribution in [0.25, 0.3) is 21.9 Å². The molecule has 0 radical (unpaired) electrons. The lowest BCUT2D eigenvalue weighted by atomic mass is 10.0. The fraction of sp³-hybridized carbons (Fsp3) is 0.370. The molecule has 10 heteroatoms. The molecule has 192 valence electrons. The highest BCUT2D eigenvalue weighted by Gasteiger charge is 2.26. The zero-order chi connectivity index (χ0) is 26.1. The Hall–Kier alpha value is -3.92. The number of carbonyl (C=O) groups excluding carboxylic acids is 1. The van der Waals surface area contributed by atoms with Crippen molar-refractivity contribution >= 4 is 39.5 Å². The number of pyridine rings is 2. The summed E-state index contributed by atoms with van der Waals surface area (Å²) in [4.78, 5) is 36.7. The molecular weight excluding hydrogens is 471 g/mol. The number of likely N-dealkylation sites (N-methyl/N-ethyl adjacent to an activating group) is 1. The Kier molecular flexibility index (Phi) is 6.84. The zero-order valence-electron chi connectivity index (χ0n) is 21.6. The number of hydrogen-bond donors (Lipinski definition) is 1. The van der Waals surface area contributed by atoms with Crippen molar-refractivity contribution in [1.29, 1.82) is 0 Å². The Labute approximate surface area is 215 Å².